The molecule has 1 unspecified atom stereocenters. The summed E-state index contributed by atoms with van der Waals surface area (Å²) in [7, 11) is 1.89. The van der Waals surface area contributed by atoms with Crippen molar-refractivity contribution in [1.29, 1.82) is 0 Å². The number of pyridine rings is 1. The number of nitrogens with zero attached hydrogens (tertiary/aromatic N) is 2. The molecule has 2 aromatic carbocycles. The molecule has 36 heavy (non-hydrogen) atoms. The van der Waals surface area contributed by atoms with Gasteiger partial charge in [-0.2, -0.15) is 5.84 Å². The van der Waals surface area contributed by atoms with Gasteiger partial charge in [0.2, 0.25) is 11.8 Å². The Morgan fingerprint density at radius 2 is 1.72 bits per heavy atom. The van der Waals surface area contributed by atoms with E-state index >= 15 is 0 Å². The standard InChI is InChI=1S/C27H37N7O2/c1-34(30,17-15-28)16-7-11-23(29)26(35)33-25(14-13-20-8-3-2-4-9-20)27(36)32-22-18-21-10-5-6-12-24(21)31-19-22/h2-6,8-10,12,18-19,23,25H,7,11,13-17,28-30H2,1H3,(H-,32,33,35,36)/p+1/t23-,25+,34?/m0/s1. The number of aryl methyl sites for hydroxylation is 1. The van der Waals surface area contributed by atoms with Crippen LogP contribution in [0.25, 0.3) is 10.9 Å². The molecule has 3 rings (SSSR count). The molecule has 3 atom stereocenters. The number of hydrogen-bond acceptors (Lipinski definition) is 6. The Labute approximate surface area is 212 Å². The largest absolute Gasteiger partial charge is 0.343 e. The number of fused-ring (bicyclic) bond motifs is 1. The molecule has 0 fully saturated rings. The number of rotatable bonds is 13. The van der Waals surface area contributed by atoms with Gasteiger partial charge in [-0.25, -0.2) is 4.59 Å². The molecule has 9 heteroatoms. The molecule has 1 aromatic heterocycles. The van der Waals surface area contributed by atoms with E-state index in [1.807, 2.05) is 67.7 Å². The Morgan fingerprint density at radius 1 is 1.00 bits per heavy atom. The molecular formula is C27H38N7O2+. The van der Waals surface area contributed by atoms with Crippen LogP contribution in [0.4, 0.5) is 5.69 Å². The summed E-state index contributed by atoms with van der Waals surface area (Å²) in [6, 6.07) is 17.9. The monoisotopic (exact) mass is 492 g/mol. The minimum atomic E-state index is -0.747. The molecule has 9 nitrogen and oxygen atoms in total. The van der Waals surface area contributed by atoms with E-state index in [2.05, 4.69) is 15.6 Å². The smallest absolute Gasteiger partial charge is 0.247 e. The number of nitrogens with one attached hydrogen (secondary N) is 2. The minimum absolute atomic E-state index is 0.284. The van der Waals surface area contributed by atoms with Gasteiger partial charge in [-0.15, -0.1) is 0 Å². The number of aromatic nitrogens is 1. The average molecular weight is 493 g/mol. The molecule has 1 heterocycles. The molecule has 0 aliphatic rings. The van der Waals surface area contributed by atoms with Crippen molar-refractivity contribution in [3.63, 3.8) is 0 Å². The lowest BCUT2D eigenvalue weighted by Gasteiger charge is -2.28. The van der Waals surface area contributed by atoms with Crippen LogP contribution in [0.2, 0.25) is 0 Å². The maximum absolute atomic E-state index is 13.2. The number of hydrogen-bond donors (Lipinski definition) is 5. The fourth-order valence-corrected chi connectivity index (χ4v) is 4.08. The fourth-order valence-electron chi connectivity index (χ4n) is 4.08. The van der Waals surface area contributed by atoms with Crippen LogP contribution in [0.15, 0.2) is 66.9 Å². The molecule has 192 valence electrons. The van der Waals surface area contributed by atoms with Crippen molar-refractivity contribution in [2.24, 2.45) is 17.3 Å². The Morgan fingerprint density at radius 3 is 2.47 bits per heavy atom. The quantitative estimate of drug-likeness (QED) is 0.139. The Hall–Kier alpha value is -3.37. The maximum Gasteiger partial charge on any atom is 0.247 e. The molecule has 3 aromatic rings. The van der Waals surface area contributed by atoms with Crippen LogP contribution in [-0.4, -0.2) is 60.2 Å². The van der Waals surface area contributed by atoms with E-state index in [9.17, 15) is 9.59 Å². The summed E-state index contributed by atoms with van der Waals surface area (Å²) >= 11 is 0. The maximum atomic E-state index is 13.2. The molecule has 2 amide bonds. The first-order valence-corrected chi connectivity index (χ1v) is 12.4. The highest BCUT2D eigenvalue weighted by molar-refractivity contribution is 5.98. The molecule has 0 aliphatic heterocycles. The van der Waals surface area contributed by atoms with E-state index in [4.69, 9.17) is 17.3 Å². The van der Waals surface area contributed by atoms with Crippen molar-refractivity contribution in [2.75, 3.05) is 32.0 Å². The van der Waals surface area contributed by atoms with Gasteiger partial charge in [0.25, 0.3) is 0 Å². The highest BCUT2D eigenvalue weighted by Crippen LogP contribution is 2.17. The Kier molecular flexibility index (Phi) is 9.89. The van der Waals surface area contributed by atoms with Gasteiger partial charge < -0.3 is 22.1 Å². The van der Waals surface area contributed by atoms with Crippen molar-refractivity contribution >= 4 is 28.4 Å². The van der Waals surface area contributed by atoms with E-state index in [1.165, 1.54) is 0 Å². The van der Waals surface area contributed by atoms with Gasteiger partial charge in [-0.3, -0.25) is 14.6 Å². The van der Waals surface area contributed by atoms with Crippen molar-refractivity contribution in [3.05, 3.63) is 72.4 Å². The first kappa shape index (κ1) is 27.2. The van der Waals surface area contributed by atoms with E-state index in [-0.39, 0.29) is 16.4 Å². The molecular weight excluding hydrogens is 454 g/mol. The van der Waals surface area contributed by atoms with Gasteiger partial charge in [-0.05, 0) is 37.0 Å². The minimum Gasteiger partial charge on any atom is -0.343 e. The highest BCUT2D eigenvalue weighted by atomic mass is 16.2. The number of anilines is 1. The van der Waals surface area contributed by atoms with Crippen molar-refractivity contribution in [3.8, 4) is 0 Å². The first-order valence-electron chi connectivity index (χ1n) is 12.4. The third-order valence-electron chi connectivity index (χ3n) is 6.22. The number of benzene rings is 2. The first-order chi connectivity index (χ1) is 17.3. The molecule has 0 spiro atoms. The summed E-state index contributed by atoms with van der Waals surface area (Å²) in [6.07, 6.45) is 3.82. The number of para-hydroxylation sites is 1. The average Bonchev–Trinajstić information content (AvgIpc) is 2.86. The van der Waals surface area contributed by atoms with Gasteiger partial charge >= 0.3 is 0 Å². The molecule has 8 N–H and O–H groups in total. The zero-order chi connectivity index (χ0) is 26.0. The SMILES string of the molecule is C[N+](N)(CCN)CCC[C@H](N)C(=O)N[C@H](CCc1ccccc1)C(=O)Nc1cnc2ccccc2c1. The second-order valence-corrected chi connectivity index (χ2v) is 9.46. The topological polar surface area (TPSA) is 149 Å². The van der Waals surface area contributed by atoms with E-state index in [0.29, 0.717) is 51.0 Å². The van der Waals surface area contributed by atoms with Crippen molar-refractivity contribution < 1.29 is 14.2 Å². The number of quaternary nitrogens is 1. The Balaban J connectivity index is 1.64. The third-order valence-corrected chi connectivity index (χ3v) is 6.22. The number of carbonyl (C=O) groups is 2. The van der Waals surface area contributed by atoms with Gasteiger partial charge in [-0.1, -0.05) is 48.5 Å². The van der Waals surface area contributed by atoms with Gasteiger partial charge in [0.05, 0.1) is 37.0 Å². The summed E-state index contributed by atoms with van der Waals surface area (Å²) in [5.41, 5.74) is 14.3. The molecule has 0 aliphatic carbocycles. The lowest BCUT2D eigenvalue weighted by molar-refractivity contribution is -0.920. The second-order valence-electron chi connectivity index (χ2n) is 9.46. The highest BCUT2D eigenvalue weighted by Gasteiger charge is 2.25. The summed E-state index contributed by atoms with van der Waals surface area (Å²) in [5, 5.41) is 6.69. The van der Waals surface area contributed by atoms with Crippen LogP contribution in [0.5, 0.6) is 0 Å². The second kappa shape index (κ2) is 13.1. The van der Waals surface area contributed by atoms with Crippen LogP contribution in [0.3, 0.4) is 0 Å². The van der Waals surface area contributed by atoms with Gasteiger partial charge in [0, 0.05) is 18.4 Å². The number of carbonyl (C=O) groups excluding carboxylic acids is 2. The molecule has 0 saturated heterocycles. The van der Waals surface area contributed by atoms with E-state index < -0.39 is 12.1 Å². The summed E-state index contributed by atoms with van der Waals surface area (Å²) in [4.78, 5) is 30.5. The van der Waals surface area contributed by atoms with Gasteiger partial charge in [0.15, 0.2) is 0 Å². The van der Waals surface area contributed by atoms with Crippen LogP contribution in [0.1, 0.15) is 24.8 Å². The number of amides is 2. The number of likely N-dealkylation sites (N-methyl/N-ethyl adjacent to an activating group) is 1. The lowest BCUT2D eigenvalue weighted by Crippen LogP contribution is -2.54. The van der Waals surface area contributed by atoms with E-state index in [0.717, 1.165) is 16.5 Å². The lowest BCUT2D eigenvalue weighted by atomic mass is 10.0. The normalized spacial score (nSPS) is 14.6. The fraction of sp³-hybridized carbons (Fsp3) is 0.370. The predicted octanol–water partition coefficient (Wildman–Crippen LogP) is 1.68. The zero-order valence-electron chi connectivity index (χ0n) is 20.9. The molecule has 0 saturated carbocycles. The summed E-state index contributed by atoms with van der Waals surface area (Å²) in [6.45, 7) is 1.79. The number of nitrogens with two attached hydrogens (primary N) is 3. The Bertz CT molecular complexity index is 1140. The van der Waals surface area contributed by atoms with Crippen LogP contribution in [0, 0.1) is 0 Å². The summed E-state index contributed by atoms with van der Waals surface area (Å²) in [5.74, 6) is 5.51. The molecule has 0 radical (unpaired) electrons. The van der Waals surface area contributed by atoms with E-state index in [1.54, 1.807) is 6.20 Å². The van der Waals surface area contributed by atoms with Crippen LogP contribution in [-0.2, 0) is 16.0 Å². The van der Waals surface area contributed by atoms with Crippen molar-refractivity contribution in [2.45, 2.75) is 37.8 Å². The van der Waals surface area contributed by atoms with Crippen molar-refractivity contribution in [1.82, 2.24) is 10.3 Å². The zero-order valence-corrected chi connectivity index (χ0v) is 20.9. The van der Waals surface area contributed by atoms with Crippen LogP contribution >= 0.6 is 0 Å². The molecule has 0 bridgehead atoms. The third kappa shape index (κ3) is 8.39. The predicted molar refractivity (Wildman–Crippen MR) is 143 cm³/mol. The van der Waals surface area contributed by atoms with Gasteiger partial charge in [0.1, 0.15) is 12.6 Å². The van der Waals surface area contributed by atoms with Crippen LogP contribution < -0.4 is 27.9 Å². The summed E-state index contributed by atoms with van der Waals surface area (Å²) < 4.78 is 0.284.